The topological polar surface area (TPSA) is 32.7 Å². The van der Waals surface area contributed by atoms with E-state index in [1.54, 1.807) is 0 Å². The van der Waals surface area contributed by atoms with Crippen molar-refractivity contribution in [3.05, 3.63) is 0 Å². The molecule has 1 N–H and O–H groups in total. The molecule has 17 heavy (non-hydrogen) atoms. The molecule has 3 heteroatoms. The van der Waals surface area contributed by atoms with E-state index in [1.165, 1.54) is 19.3 Å². The summed E-state index contributed by atoms with van der Waals surface area (Å²) in [7, 11) is 0. The molecule has 0 amide bonds. The van der Waals surface area contributed by atoms with Crippen LogP contribution < -0.4 is 0 Å². The lowest BCUT2D eigenvalue weighted by Crippen LogP contribution is -2.35. The van der Waals surface area contributed by atoms with Crippen molar-refractivity contribution in [1.82, 2.24) is 4.90 Å². The van der Waals surface area contributed by atoms with E-state index in [0.717, 1.165) is 32.7 Å². The van der Waals surface area contributed by atoms with Gasteiger partial charge in [-0.05, 0) is 46.1 Å². The Morgan fingerprint density at radius 2 is 2.00 bits per heavy atom. The Morgan fingerprint density at radius 1 is 1.29 bits per heavy atom. The molecule has 0 unspecified atom stereocenters. The number of aliphatic hydroxyl groups excluding tert-OH is 1. The number of hydrogen-bond donors (Lipinski definition) is 1. The molecule has 0 heterocycles. The van der Waals surface area contributed by atoms with Crippen molar-refractivity contribution in [2.75, 3.05) is 32.8 Å². The van der Waals surface area contributed by atoms with Crippen molar-refractivity contribution in [2.24, 2.45) is 5.41 Å². The van der Waals surface area contributed by atoms with E-state index in [0.29, 0.717) is 18.1 Å². The van der Waals surface area contributed by atoms with Crippen molar-refractivity contribution in [3.63, 3.8) is 0 Å². The van der Waals surface area contributed by atoms with E-state index in [1.807, 2.05) is 0 Å². The van der Waals surface area contributed by atoms with E-state index < -0.39 is 0 Å². The van der Waals surface area contributed by atoms with Crippen LogP contribution in [0.1, 0.15) is 46.5 Å². The third kappa shape index (κ3) is 5.84. The van der Waals surface area contributed by atoms with Gasteiger partial charge in [-0.15, -0.1) is 0 Å². The van der Waals surface area contributed by atoms with Crippen LogP contribution in [0, 0.1) is 5.41 Å². The fourth-order valence-corrected chi connectivity index (χ4v) is 2.22. The monoisotopic (exact) mass is 243 g/mol. The van der Waals surface area contributed by atoms with Gasteiger partial charge in [-0.2, -0.15) is 0 Å². The molecule has 1 rings (SSSR count). The maximum absolute atomic E-state index is 8.92. The molecule has 0 aliphatic heterocycles. The maximum atomic E-state index is 8.92. The van der Waals surface area contributed by atoms with Crippen LogP contribution >= 0.6 is 0 Å². The lowest BCUT2D eigenvalue weighted by molar-refractivity contribution is 0.0303. The first-order valence-electron chi connectivity index (χ1n) is 7.07. The zero-order valence-electron chi connectivity index (χ0n) is 11.7. The van der Waals surface area contributed by atoms with Crippen molar-refractivity contribution >= 4 is 0 Å². The molecule has 102 valence electrons. The second-order valence-electron chi connectivity index (χ2n) is 5.71. The number of hydrogen-bond acceptors (Lipinski definition) is 3. The van der Waals surface area contributed by atoms with E-state index in [4.69, 9.17) is 9.84 Å². The summed E-state index contributed by atoms with van der Waals surface area (Å²) in [6.07, 6.45) is 5.02. The summed E-state index contributed by atoms with van der Waals surface area (Å²) in [5.41, 5.74) is 0.425. The minimum Gasteiger partial charge on any atom is -0.396 e. The second-order valence-corrected chi connectivity index (χ2v) is 5.71. The molecule has 0 spiro atoms. The highest BCUT2D eigenvalue weighted by molar-refractivity contribution is 4.95. The fraction of sp³-hybridized carbons (Fsp3) is 1.00. The van der Waals surface area contributed by atoms with Gasteiger partial charge in [0, 0.05) is 25.1 Å². The average Bonchev–Trinajstić information content (AvgIpc) is 3.04. The third-order valence-electron chi connectivity index (χ3n) is 3.41. The van der Waals surface area contributed by atoms with E-state index in [9.17, 15) is 0 Å². The Hall–Kier alpha value is -0.120. The zero-order valence-corrected chi connectivity index (χ0v) is 11.7. The molecule has 0 aromatic rings. The number of ether oxygens (including phenoxy) is 1. The quantitative estimate of drug-likeness (QED) is 0.639. The van der Waals surface area contributed by atoms with Gasteiger partial charge in [0.2, 0.25) is 0 Å². The predicted octanol–water partition coefficient (Wildman–Crippen LogP) is 2.29. The van der Waals surface area contributed by atoms with E-state index in [2.05, 4.69) is 25.7 Å². The van der Waals surface area contributed by atoms with Gasteiger partial charge in [-0.1, -0.05) is 6.92 Å². The molecule has 1 saturated carbocycles. The molecule has 1 fully saturated rings. The van der Waals surface area contributed by atoms with Gasteiger partial charge >= 0.3 is 0 Å². The first-order valence-corrected chi connectivity index (χ1v) is 7.07. The first-order chi connectivity index (χ1) is 8.12. The molecule has 1 aliphatic carbocycles. The minimum atomic E-state index is 0.301. The summed E-state index contributed by atoms with van der Waals surface area (Å²) in [6.45, 7) is 10.9. The zero-order chi connectivity index (χ0) is 12.7. The van der Waals surface area contributed by atoms with E-state index in [-0.39, 0.29) is 0 Å². The smallest absolute Gasteiger partial charge is 0.0538 e. The molecular weight excluding hydrogens is 214 g/mol. The lowest BCUT2D eigenvalue weighted by Gasteiger charge is -2.27. The largest absolute Gasteiger partial charge is 0.396 e. The summed E-state index contributed by atoms with van der Waals surface area (Å²) in [6, 6.07) is 0. The maximum Gasteiger partial charge on any atom is 0.0538 e. The molecule has 0 atom stereocenters. The highest BCUT2D eigenvalue weighted by atomic mass is 16.5. The van der Waals surface area contributed by atoms with Crippen LogP contribution in [0.5, 0.6) is 0 Å². The number of aliphatic hydroxyl groups is 1. The standard InChI is InChI=1S/C14H29NO2/c1-4-8-15(9-5-10-16)11-14(6-7-14)12-17-13(2)3/h13,16H,4-12H2,1-3H3. The van der Waals surface area contributed by atoms with Crippen LogP contribution in [0.25, 0.3) is 0 Å². The summed E-state index contributed by atoms with van der Waals surface area (Å²) in [5.74, 6) is 0. The van der Waals surface area contributed by atoms with Gasteiger partial charge in [0.25, 0.3) is 0 Å². The summed E-state index contributed by atoms with van der Waals surface area (Å²) < 4.78 is 5.78. The average molecular weight is 243 g/mol. The molecule has 0 saturated heterocycles. The van der Waals surface area contributed by atoms with Gasteiger partial charge in [-0.25, -0.2) is 0 Å². The Bertz CT molecular complexity index is 202. The van der Waals surface area contributed by atoms with Gasteiger partial charge in [0.15, 0.2) is 0 Å². The van der Waals surface area contributed by atoms with Crippen LogP contribution in [-0.4, -0.2) is 49.0 Å². The highest BCUT2D eigenvalue weighted by Crippen LogP contribution is 2.46. The summed E-state index contributed by atoms with van der Waals surface area (Å²) >= 11 is 0. The van der Waals surface area contributed by atoms with Gasteiger partial charge < -0.3 is 14.7 Å². The van der Waals surface area contributed by atoms with Crippen molar-refractivity contribution in [2.45, 2.75) is 52.6 Å². The van der Waals surface area contributed by atoms with Crippen LogP contribution in [-0.2, 0) is 4.74 Å². The Balaban J connectivity index is 2.31. The highest BCUT2D eigenvalue weighted by Gasteiger charge is 2.44. The molecule has 1 aliphatic rings. The summed E-state index contributed by atoms with van der Waals surface area (Å²) in [5, 5.41) is 8.92. The molecule has 0 radical (unpaired) electrons. The van der Waals surface area contributed by atoms with Crippen LogP contribution in [0.4, 0.5) is 0 Å². The molecular formula is C14H29NO2. The summed E-state index contributed by atoms with van der Waals surface area (Å²) in [4.78, 5) is 2.49. The van der Waals surface area contributed by atoms with Crippen LogP contribution in [0.15, 0.2) is 0 Å². The number of rotatable bonds is 10. The van der Waals surface area contributed by atoms with Crippen LogP contribution in [0.2, 0.25) is 0 Å². The molecule has 0 bridgehead atoms. The van der Waals surface area contributed by atoms with Crippen molar-refractivity contribution < 1.29 is 9.84 Å². The van der Waals surface area contributed by atoms with Crippen molar-refractivity contribution in [3.8, 4) is 0 Å². The minimum absolute atomic E-state index is 0.301. The molecule has 3 nitrogen and oxygen atoms in total. The molecule has 0 aromatic heterocycles. The van der Waals surface area contributed by atoms with Gasteiger partial charge in [-0.3, -0.25) is 0 Å². The van der Waals surface area contributed by atoms with Gasteiger partial charge in [0.05, 0.1) is 12.7 Å². The van der Waals surface area contributed by atoms with Crippen LogP contribution in [0.3, 0.4) is 0 Å². The third-order valence-corrected chi connectivity index (χ3v) is 3.41. The SMILES string of the molecule is CCCN(CCCO)CC1(COC(C)C)CC1. The van der Waals surface area contributed by atoms with E-state index >= 15 is 0 Å². The Morgan fingerprint density at radius 3 is 2.47 bits per heavy atom. The molecule has 0 aromatic carbocycles. The Labute approximate surface area is 106 Å². The lowest BCUT2D eigenvalue weighted by atomic mass is 10.1. The fourth-order valence-electron chi connectivity index (χ4n) is 2.22. The Kier molecular flexibility index (Phi) is 6.45. The first kappa shape index (κ1) is 14.9. The number of nitrogens with zero attached hydrogens (tertiary/aromatic N) is 1. The second kappa shape index (κ2) is 7.34. The van der Waals surface area contributed by atoms with Gasteiger partial charge in [0.1, 0.15) is 0 Å². The van der Waals surface area contributed by atoms with Crippen molar-refractivity contribution in [1.29, 1.82) is 0 Å². The predicted molar refractivity (Wildman–Crippen MR) is 71.2 cm³/mol. The normalized spacial score (nSPS) is 18.0.